The molecule has 2 aromatic carbocycles. The molecule has 8 heteroatoms. The van der Waals surface area contributed by atoms with Gasteiger partial charge in [-0.25, -0.2) is 0 Å². The number of aliphatic hydroxyl groups excluding tert-OH is 1. The van der Waals surface area contributed by atoms with Crippen molar-refractivity contribution in [3.8, 4) is 5.75 Å². The molecule has 35 heavy (non-hydrogen) atoms. The largest absolute Gasteiger partial charge is 0.566 e. The minimum Gasteiger partial charge on any atom is -0.566 e. The minimum atomic E-state index is -2.91. The van der Waals surface area contributed by atoms with Crippen molar-refractivity contribution in [1.82, 2.24) is 9.80 Å². The molecule has 1 aliphatic heterocycles. The van der Waals surface area contributed by atoms with Gasteiger partial charge in [-0.2, -0.15) is 0 Å². The molecule has 3 atom stereocenters. The Morgan fingerprint density at radius 1 is 0.971 bits per heavy atom. The SMILES string of the molecule is O=[P+]([O-])OCc1ccccc1OCC(O)CN1CCN(C(c2ccccc2)C2CCCCC2)CC1. The first-order valence-corrected chi connectivity index (χ1v) is 13.9. The van der Waals surface area contributed by atoms with E-state index in [1.165, 1.54) is 37.7 Å². The van der Waals surface area contributed by atoms with Crippen LogP contribution in [0.15, 0.2) is 54.6 Å². The van der Waals surface area contributed by atoms with E-state index in [0.717, 1.165) is 32.1 Å². The topological polar surface area (TPSA) is 85.3 Å². The molecule has 1 heterocycles. The zero-order valence-electron chi connectivity index (χ0n) is 20.3. The van der Waals surface area contributed by atoms with Crippen LogP contribution in [0.5, 0.6) is 5.75 Å². The summed E-state index contributed by atoms with van der Waals surface area (Å²) in [6.45, 7) is 4.47. The molecule has 1 saturated heterocycles. The van der Waals surface area contributed by atoms with Crippen LogP contribution in [0.25, 0.3) is 0 Å². The number of ether oxygens (including phenoxy) is 1. The fraction of sp³-hybridized carbons (Fsp3) is 0.556. The number of hydrogen-bond donors (Lipinski definition) is 1. The lowest BCUT2D eigenvalue weighted by Gasteiger charge is -2.44. The summed E-state index contributed by atoms with van der Waals surface area (Å²) in [7, 11) is -2.91. The number of para-hydroxylation sites is 1. The van der Waals surface area contributed by atoms with Gasteiger partial charge in [0.15, 0.2) is 0 Å². The number of benzene rings is 2. The fourth-order valence-electron chi connectivity index (χ4n) is 5.53. The highest BCUT2D eigenvalue weighted by Gasteiger charge is 2.32. The van der Waals surface area contributed by atoms with Crippen molar-refractivity contribution in [2.75, 3.05) is 39.3 Å². The lowest BCUT2D eigenvalue weighted by molar-refractivity contribution is -0.186. The van der Waals surface area contributed by atoms with Crippen molar-refractivity contribution in [3.63, 3.8) is 0 Å². The van der Waals surface area contributed by atoms with Crippen LogP contribution < -0.4 is 9.63 Å². The molecular weight excluding hydrogens is 463 g/mol. The molecule has 1 N–H and O–H groups in total. The number of β-amino-alcohol motifs (C(OH)–C–C–N with tert-alkyl or cyclic N) is 1. The number of aliphatic hydroxyl groups is 1. The summed E-state index contributed by atoms with van der Waals surface area (Å²) < 4.78 is 21.2. The highest BCUT2D eigenvalue weighted by molar-refractivity contribution is 7.30. The molecule has 0 spiro atoms. The maximum atomic E-state index is 10.7. The van der Waals surface area contributed by atoms with Gasteiger partial charge in [-0.1, -0.05) is 67.8 Å². The van der Waals surface area contributed by atoms with Crippen LogP contribution in [0.2, 0.25) is 0 Å². The van der Waals surface area contributed by atoms with Crippen LogP contribution in [-0.4, -0.2) is 60.3 Å². The van der Waals surface area contributed by atoms with Crippen molar-refractivity contribution >= 4 is 8.25 Å². The Morgan fingerprint density at radius 2 is 1.66 bits per heavy atom. The van der Waals surface area contributed by atoms with Crippen molar-refractivity contribution in [3.05, 3.63) is 65.7 Å². The molecule has 2 aromatic rings. The highest BCUT2D eigenvalue weighted by atomic mass is 31.1. The van der Waals surface area contributed by atoms with Crippen LogP contribution in [0.4, 0.5) is 0 Å². The van der Waals surface area contributed by atoms with Gasteiger partial charge in [-0.05, 0) is 35.0 Å². The fourth-order valence-corrected chi connectivity index (χ4v) is 5.77. The molecule has 3 unspecified atom stereocenters. The smallest absolute Gasteiger partial charge is 0.488 e. The van der Waals surface area contributed by atoms with Crippen LogP contribution in [0.3, 0.4) is 0 Å². The molecule has 2 aliphatic rings. The Bertz CT molecular complexity index is 917. The maximum Gasteiger partial charge on any atom is 0.488 e. The average Bonchev–Trinajstić information content (AvgIpc) is 2.89. The normalized spacial score (nSPS) is 20.3. The quantitative estimate of drug-likeness (QED) is 0.469. The average molecular weight is 501 g/mol. The molecular formula is C27H37N2O5P. The van der Waals surface area contributed by atoms with Crippen LogP contribution in [0.1, 0.15) is 49.3 Å². The van der Waals surface area contributed by atoms with E-state index in [9.17, 15) is 14.6 Å². The van der Waals surface area contributed by atoms with Crippen molar-refractivity contribution in [1.29, 1.82) is 0 Å². The summed E-state index contributed by atoms with van der Waals surface area (Å²) in [5.74, 6) is 1.26. The molecule has 4 rings (SSSR count). The Kier molecular flexibility index (Phi) is 10.1. The number of nitrogens with zero attached hydrogens (tertiary/aromatic N) is 2. The summed E-state index contributed by atoms with van der Waals surface area (Å²) in [5.41, 5.74) is 2.08. The molecule has 0 amide bonds. The highest BCUT2D eigenvalue weighted by Crippen LogP contribution is 2.38. The van der Waals surface area contributed by atoms with Crippen LogP contribution >= 0.6 is 8.25 Å². The molecule has 7 nitrogen and oxygen atoms in total. The summed E-state index contributed by atoms with van der Waals surface area (Å²) in [5, 5.41) is 10.6. The van der Waals surface area contributed by atoms with E-state index < -0.39 is 14.4 Å². The monoisotopic (exact) mass is 500 g/mol. The molecule has 1 saturated carbocycles. The predicted octanol–water partition coefficient (Wildman–Crippen LogP) is 3.90. The lowest BCUT2D eigenvalue weighted by atomic mass is 9.80. The zero-order valence-corrected chi connectivity index (χ0v) is 21.2. The van der Waals surface area contributed by atoms with Gasteiger partial charge in [-0.15, -0.1) is 4.52 Å². The third kappa shape index (κ3) is 7.81. The van der Waals surface area contributed by atoms with E-state index >= 15 is 0 Å². The molecule has 1 aliphatic carbocycles. The molecule has 0 bridgehead atoms. The Balaban J connectivity index is 1.27. The third-order valence-corrected chi connectivity index (χ3v) is 7.58. The molecule has 0 aromatic heterocycles. The Labute approximate surface area is 209 Å². The van der Waals surface area contributed by atoms with Gasteiger partial charge in [0.2, 0.25) is 0 Å². The van der Waals surface area contributed by atoms with E-state index in [2.05, 4.69) is 40.1 Å². The maximum absolute atomic E-state index is 10.7. The summed E-state index contributed by atoms with van der Waals surface area (Å²) in [6, 6.07) is 18.6. The molecule has 190 valence electrons. The van der Waals surface area contributed by atoms with E-state index in [1.54, 1.807) is 18.2 Å². The zero-order chi connectivity index (χ0) is 24.5. The van der Waals surface area contributed by atoms with Gasteiger partial charge < -0.3 is 14.7 Å². The van der Waals surface area contributed by atoms with Gasteiger partial charge >= 0.3 is 8.25 Å². The van der Waals surface area contributed by atoms with Gasteiger partial charge in [0.25, 0.3) is 0 Å². The summed E-state index contributed by atoms with van der Waals surface area (Å²) in [6.07, 6.45) is 6.04. The third-order valence-electron chi connectivity index (χ3n) is 7.24. The van der Waals surface area contributed by atoms with E-state index in [0.29, 0.717) is 23.9 Å². The first-order chi connectivity index (χ1) is 17.1. The second-order valence-corrected chi connectivity index (χ2v) is 10.4. The van der Waals surface area contributed by atoms with E-state index in [1.807, 2.05) is 6.07 Å². The number of rotatable bonds is 11. The van der Waals surface area contributed by atoms with Gasteiger partial charge in [0.05, 0.1) is 0 Å². The Hall–Kier alpha value is -1.86. The van der Waals surface area contributed by atoms with Crippen molar-refractivity contribution in [2.24, 2.45) is 5.92 Å². The number of piperazine rings is 1. The summed E-state index contributed by atoms with van der Waals surface area (Å²) in [4.78, 5) is 15.7. The van der Waals surface area contributed by atoms with E-state index in [4.69, 9.17) is 9.26 Å². The summed E-state index contributed by atoms with van der Waals surface area (Å²) >= 11 is 0. The standard InChI is InChI=1S/C27H37N2O5P/c30-25(21-33-26-14-8-7-13-24(26)20-34-35(31)32)19-28-15-17-29(18-16-28)27(22-9-3-1-4-10-22)23-11-5-2-6-12-23/h1,3-4,7-10,13-14,23,25,27,30H,2,5-6,11-12,15-21H2. The van der Waals surface area contributed by atoms with Crippen LogP contribution in [-0.2, 0) is 15.7 Å². The first kappa shape index (κ1) is 26.2. The predicted molar refractivity (Wildman–Crippen MR) is 134 cm³/mol. The lowest BCUT2D eigenvalue weighted by Crippen LogP contribution is -2.51. The number of hydrogen-bond acceptors (Lipinski definition) is 7. The van der Waals surface area contributed by atoms with Crippen molar-refractivity contribution < 1.29 is 23.8 Å². The van der Waals surface area contributed by atoms with Crippen molar-refractivity contribution in [2.45, 2.75) is 50.9 Å². The second kappa shape index (κ2) is 13.4. The van der Waals surface area contributed by atoms with Gasteiger partial charge in [0, 0.05) is 44.3 Å². The molecule has 0 radical (unpaired) electrons. The van der Waals surface area contributed by atoms with E-state index in [-0.39, 0.29) is 13.2 Å². The van der Waals surface area contributed by atoms with Crippen LogP contribution in [0, 0.1) is 5.92 Å². The Morgan fingerprint density at radius 3 is 2.37 bits per heavy atom. The van der Waals surface area contributed by atoms with Gasteiger partial charge in [0.1, 0.15) is 25.1 Å². The molecule has 2 fully saturated rings. The minimum absolute atomic E-state index is 0.0729. The first-order valence-electron chi connectivity index (χ1n) is 12.8. The van der Waals surface area contributed by atoms with Gasteiger partial charge in [-0.3, -0.25) is 9.80 Å². The second-order valence-electron chi connectivity index (χ2n) is 9.66.